The Morgan fingerprint density at radius 1 is 0.840 bits per heavy atom. The molecule has 2 aromatic carbocycles. The van der Waals surface area contributed by atoms with Crippen LogP contribution in [0.25, 0.3) is 0 Å². The Bertz CT molecular complexity index is 987. The molecule has 128 valence electrons. The molecule has 5 nitrogen and oxygen atoms in total. The van der Waals surface area contributed by atoms with Gasteiger partial charge in [-0.2, -0.15) is 0 Å². The van der Waals surface area contributed by atoms with E-state index in [0.717, 1.165) is 16.8 Å². The van der Waals surface area contributed by atoms with Gasteiger partial charge >= 0.3 is 0 Å². The van der Waals surface area contributed by atoms with Crippen LogP contribution in [0.4, 0.5) is 17.2 Å². The largest absolute Gasteiger partial charge is 0.339 e. The molecule has 0 aliphatic rings. The lowest BCUT2D eigenvalue weighted by Gasteiger charge is -2.13. The number of aromatic nitrogens is 1. The van der Waals surface area contributed by atoms with E-state index in [9.17, 15) is 8.42 Å². The van der Waals surface area contributed by atoms with Crippen molar-refractivity contribution < 1.29 is 8.42 Å². The van der Waals surface area contributed by atoms with Crippen LogP contribution in [0.3, 0.4) is 0 Å². The number of aryl methyl sites for hydroxylation is 2. The molecular formula is C19H19N3O2S. The van der Waals surface area contributed by atoms with Crippen LogP contribution in [0.1, 0.15) is 11.1 Å². The maximum atomic E-state index is 12.8. The summed E-state index contributed by atoms with van der Waals surface area (Å²) < 4.78 is 28.3. The van der Waals surface area contributed by atoms with Gasteiger partial charge in [-0.25, -0.2) is 13.4 Å². The van der Waals surface area contributed by atoms with Crippen molar-refractivity contribution in [3.8, 4) is 0 Å². The van der Waals surface area contributed by atoms with Gasteiger partial charge in [0.05, 0.1) is 0 Å². The van der Waals surface area contributed by atoms with Crippen LogP contribution in [-0.2, 0) is 10.0 Å². The molecule has 0 radical (unpaired) electrons. The maximum Gasteiger partial charge on any atom is 0.265 e. The topological polar surface area (TPSA) is 71.1 Å². The van der Waals surface area contributed by atoms with E-state index < -0.39 is 10.0 Å². The predicted molar refractivity (Wildman–Crippen MR) is 101 cm³/mol. The van der Waals surface area contributed by atoms with Crippen LogP contribution >= 0.6 is 0 Å². The van der Waals surface area contributed by atoms with Crippen LogP contribution in [0.5, 0.6) is 0 Å². The number of nitrogens with zero attached hydrogens (tertiary/aromatic N) is 1. The van der Waals surface area contributed by atoms with E-state index in [4.69, 9.17) is 0 Å². The zero-order valence-corrected chi connectivity index (χ0v) is 14.8. The number of hydrogen-bond acceptors (Lipinski definition) is 4. The van der Waals surface area contributed by atoms with Gasteiger partial charge in [-0.3, -0.25) is 4.72 Å². The van der Waals surface area contributed by atoms with Crippen molar-refractivity contribution in [2.75, 3.05) is 10.0 Å². The predicted octanol–water partition coefficient (Wildman–Crippen LogP) is 4.24. The molecule has 0 amide bonds. The molecule has 3 rings (SSSR count). The van der Waals surface area contributed by atoms with Crippen LogP contribution in [0.15, 0.2) is 71.8 Å². The van der Waals surface area contributed by atoms with Gasteiger partial charge in [0.25, 0.3) is 10.0 Å². The van der Waals surface area contributed by atoms with Gasteiger partial charge in [-0.05, 0) is 61.4 Å². The second-order valence-corrected chi connectivity index (χ2v) is 7.40. The standard InChI is InChI=1S/C19H19N3O2S/c1-14-10-11-17(13-15(14)2)22-25(23,24)18-9-6-12-20-19(18)21-16-7-4-3-5-8-16/h3-13,22H,1-2H3,(H,20,21). The van der Waals surface area contributed by atoms with Crippen LogP contribution in [0.2, 0.25) is 0 Å². The van der Waals surface area contributed by atoms with Gasteiger partial charge in [0.15, 0.2) is 5.82 Å². The minimum atomic E-state index is -3.77. The fraction of sp³-hybridized carbons (Fsp3) is 0.105. The molecule has 0 saturated carbocycles. The number of nitrogens with one attached hydrogen (secondary N) is 2. The molecule has 0 fully saturated rings. The van der Waals surface area contributed by atoms with E-state index in [0.29, 0.717) is 5.69 Å². The molecule has 25 heavy (non-hydrogen) atoms. The summed E-state index contributed by atoms with van der Waals surface area (Å²) >= 11 is 0. The molecule has 6 heteroatoms. The first-order valence-corrected chi connectivity index (χ1v) is 9.31. The van der Waals surface area contributed by atoms with Crippen molar-refractivity contribution in [3.63, 3.8) is 0 Å². The van der Waals surface area contributed by atoms with E-state index in [1.807, 2.05) is 56.3 Å². The summed E-state index contributed by atoms with van der Waals surface area (Å²) in [4.78, 5) is 4.28. The molecule has 1 aromatic heterocycles. The second-order valence-electron chi connectivity index (χ2n) is 5.75. The van der Waals surface area contributed by atoms with Crippen molar-refractivity contribution in [1.82, 2.24) is 4.98 Å². The Kier molecular flexibility index (Phi) is 4.72. The van der Waals surface area contributed by atoms with E-state index >= 15 is 0 Å². The van der Waals surface area contributed by atoms with Gasteiger partial charge in [0.2, 0.25) is 0 Å². The number of anilines is 3. The monoisotopic (exact) mass is 353 g/mol. The number of hydrogen-bond donors (Lipinski definition) is 2. The van der Waals surface area contributed by atoms with Crippen molar-refractivity contribution in [3.05, 3.63) is 78.0 Å². The third kappa shape index (κ3) is 3.97. The van der Waals surface area contributed by atoms with Gasteiger partial charge < -0.3 is 5.32 Å². The molecule has 0 unspecified atom stereocenters. The maximum absolute atomic E-state index is 12.8. The Balaban J connectivity index is 1.93. The van der Waals surface area contributed by atoms with Gasteiger partial charge in [-0.1, -0.05) is 24.3 Å². The molecule has 0 spiro atoms. The van der Waals surface area contributed by atoms with E-state index in [1.54, 1.807) is 18.3 Å². The highest BCUT2D eigenvalue weighted by Gasteiger charge is 2.20. The SMILES string of the molecule is Cc1ccc(NS(=O)(=O)c2cccnc2Nc2ccccc2)cc1C. The summed E-state index contributed by atoms with van der Waals surface area (Å²) in [6.07, 6.45) is 1.56. The molecular weight excluding hydrogens is 334 g/mol. The third-order valence-corrected chi connectivity index (χ3v) is 5.27. The Morgan fingerprint density at radius 3 is 2.32 bits per heavy atom. The summed E-state index contributed by atoms with van der Waals surface area (Å²) in [5, 5.41) is 3.05. The summed E-state index contributed by atoms with van der Waals surface area (Å²) in [6.45, 7) is 3.93. The Morgan fingerprint density at radius 2 is 1.60 bits per heavy atom. The normalized spacial score (nSPS) is 11.1. The number of pyridine rings is 1. The Labute approximate surface area is 147 Å². The lowest BCUT2D eigenvalue weighted by atomic mass is 10.1. The van der Waals surface area contributed by atoms with Crippen LogP contribution in [-0.4, -0.2) is 13.4 Å². The molecule has 3 aromatic rings. The average molecular weight is 353 g/mol. The molecule has 0 bridgehead atoms. The number of sulfonamides is 1. The van der Waals surface area contributed by atoms with Crippen molar-refractivity contribution in [1.29, 1.82) is 0 Å². The first-order valence-electron chi connectivity index (χ1n) is 7.83. The summed E-state index contributed by atoms with van der Waals surface area (Å²) in [6, 6.07) is 17.9. The van der Waals surface area contributed by atoms with Crippen LogP contribution in [0, 0.1) is 13.8 Å². The summed E-state index contributed by atoms with van der Waals surface area (Å²) in [7, 11) is -3.77. The molecule has 2 N–H and O–H groups in total. The molecule has 0 atom stereocenters. The highest BCUT2D eigenvalue weighted by Crippen LogP contribution is 2.25. The number of rotatable bonds is 5. The number of benzene rings is 2. The first kappa shape index (κ1) is 17.0. The minimum absolute atomic E-state index is 0.0945. The van der Waals surface area contributed by atoms with Crippen molar-refractivity contribution in [2.45, 2.75) is 18.7 Å². The molecule has 0 saturated heterocycles. The Hall–Kier alpha value is -2.86. The fourth-order valence-electron chi connectivity index (χ4n) is 2.37. The molecule has 0 aliphatic carbocycles. The highest BCUT2D eigenvalue weighted by atomic mass is 32.2. The zero-order chi connectivity index (χ0) is 17.9. The third-order valence-electron chi connectivity index (χ3n) is 3.86. The van der Waals surface area contributed by atoms with E-state index in [2.05, 4.69) is 15.0 Å². The van der Waals surface area contributed by atoms with E-state index in [1.165, 1.54) is 6.07 Å². The smallest absolute Gasteiger partial charge is 0.265 e. The summed E-state index contributed by atoms with van der Waals surface area (Å²) in [5.41, 5.74) is 3.42. The first-order chi connectivity index (χ1) is 12.0. The van der Waals surface area contributed by atoms with E-state index in [-0.39, 0.29) is 10.7 Å². The van der Waals surface area contributed by atoms with Gasteiger partial charge in [0, 0.05) is 17.6 Å². The van der Waals surface area contributed by atoms with Gasteiger partial charge in [-0.15, -0.1) is 0 Å². The quantitative estimate of drug-likeness (QED) is 0.719. The van der Waals surface area contributed by atoms with Crippen molar-refractivity contribution in [2.24, 2.45) is 0 Å². The zero-order valence-electron chi connectivity index (χ0n) is 14.0. The van der Waals surface area contributed by atoms with Crippen LogP contribution < -0.4 is 10.0 Å². The molecule has 1 heterocycles. The minimum Gasteiger partial charge on any atom is -0.339 e. The van der Waals surface area contributed by atoms with Crippen molar-refractivity contribution >= 4 is 27.2 Å². The lowest BCUT2D eigenvalue weighted by Crippen LogP contribution is -2.15. The second kappa shape index (κ2) is 6.94. The highest BCUT2D eigenvalue weighted by molar-refractivity contribution is 7.92. The fourth-order valence-corrected chi connectivity index (χ4v) is 3.54. The average Bonchev–Trinajstić information content (AvgIpc) is 2.59. The molecule has 0 aliphatic heterocycles. The lowest BCUT2D eigenvalue weighted by molar-refractivity contribution is 0.601. The number of para-hydroxylation sites is 1. The summed E-state index contributed by atoms with van der Waals surface area (Å²) in [5.74, 6) is 0.282. The van der Waals surface area contributed by atoms with Gasteiger partial charge in [0.1, 0.15) is 4.90 Å².